The highest BCUT2D eigenvalue weighted by Crippen LogP contribution is 2.36. The van der Waals surface area contributed by atoms with Crippen molar-refractivity contribution in [2.24, 2.45) is 0 Å². The number of alkyl halides is 3. The summed E-state index contributed by atoms with van der Waals surface area (Å²) in [5.41, 5.74) is -1.35. The molecule has 0 aliphatic rings. The van der Waals surface area contributed by atoms with E-state index in [0.717, 1.165) is 0 Å². The van der Waals surface area contributed by atoms with Gasteiger partial charge in [-0.15, -0.1) is 0 Å². The van der Waals surface area contributed by atoms with Crippen molar-refractivity contribution in [1.82, 2.24) is 4.98 Å². The van der Waals surface area contributed by atoms with E-state index in [1.54, 1.807) is 0 Å². The summed E-state index contributed by atoms with van der Waals surface area (Å²) in [4.78, 5) is 12.8. The molecule has 0 aliphatic heterocycles. The van der Waals surface area contributed by atoms with E-state index in [1.165, 1.54) is 18.2 Å². The van der Waals surface area contributed by atoms with Gasteiger partial charge in [0.2, 0.25) is 0 Å². The highest BCUT2D eigenvalue weighted by atomic mass is 35.5. The maximum atomic E-state index is 12.6. The summed E-state index contributed by atoms with van der Waals surface area (Å²) in [5.74, 6) is 0. The number of para-hydroxylation sites is 1. The summed E-state index contributed by atoms with van der Waals surface area (Å²) in [7, 11) is 0. The van der Waals surface area contributed by atoms with Gasteiger partial charge in [0, 0.05) is 5.39 Å². The average molecular weight is 248 g/mol. The van der Waals surface area contributed by atoms with E-state index < -0.39 is 17.4 Å². The first-order valence-electron chi connectivity index (χ1n) is 4.27. The molecule has 0 atom stereocenters. The van der Waals surface area contributed by atoms with Crippen molar-refractivity contribution in [3.05, 3.63) is 34.5 Å². The number of carbonyl (C=O) groups is 1. The molecule has 2 rings (SSSR count). The van der Waals surface area contributed by atoms with E-state index in [0.29, 0.717) is 0 Å². The number of aldehydes is 1. The number of hydrogen-bond donors (Lipinski definition) is 1. The number of carbonyl (C=O) groups excluding carboxylic acids is 1. The molecule has 0 fully saturated rings. The molecule has 1 heterocycles. The van der Waals surface area contributed by atoms with E-state index >= 15 is 0 Å². The number of fused-ring (bicyclic) bond motifs is 1. The van der Waals surface area contributed by atoms with Crippen molar-refractivity contribution in [2.45, 2.75) is 6.18 Å². The molecule has 1 aromatic heterocycles. The Balaban J connectivity index is 2.87. The van der Waals surface area contributed by atoms with Gasteiger partial charge in [-0.3, -0.25) is 4.79 Å². The molecule has 0 aliphatic carbocycles. The van der Waals surface area contributed by atoms with Crippen LogP contribution in [0, 0.1) is 0 Å². The third kappa shape index (κ3) is 1.57. The number of halogens is 4. The predicted molar refractivity (Wildman–Crippen MR) is 53.7 cm³/mol. The lowest BCUT2D eigenvalue weighted by molar-refractivity contribution is -0.140. The molecule has 6 heteroatoms. The van der Waals surface area contributed by atoms with Crippen LogP contribution in [0.4, 0.5) is 13.2 Å². The van der Waals surface area contributed by atoms with Crippen LogP contribution in [0.25, 0.3) is 10.9 Å². The lowest BCUT2D eigenvalue weighted by Crippen LogP contribution is -2.08. The zero-order valence-corrected chi connectivity index (χ0v) is 8.49. The van der Waals surface area contributed by atoms with Gasteiger partial charge in [-0.25, -0.2) is 0 Å². The highest BCUT2D eigenvalue weighted by molar-refractivity contribution is 6.35. The predicted octanol–water partition coefficient (Wildman–Crippen LogP) is 3.65. The molecular formula is C10H5ClF3NO. The highest BCUT2D eigenvalue weighted by Gasteiger charge is 2.36. The summed E-state index contributed by atoms with van der Waals surface area (Å²) in [6.45, 7) is 0. The summed E-state index contributed by atoms with van der Waals surface area (Å²) in [6.07, 6.45) is -4.42. The number of aromatic nitrogens is 1. The molecule has 0 spiro atoms. The van der Waals surface area contributed by atoms with Crippen LogP contribution in [0.5, 0.6) is 0 Å². The Hall–Kier alpha value is -1.49. The molecule has 0 saturated carbocycles. The van der Waals surface area contributed by atoms with Gasteiger partial charge in [-0.2, -0.15) is 13.2 Å². The average Bonchev–Trinajstić information content (AvgIpc) is 2.57. The van der Waals surface area contributed by atoms with Crippen LogP contribution in [0.1, 0.15) is 16.1 Å². The number of rotatable bonds is 1. The fourth-order valence-electron chi connectivity index (χ4n) is 1.55. The van der Waals surface area contributed by atoms with Gasteiger partial charge >= 0.3 is 6.18 Å². The van der Waals surface area contributed by atoms with E-state index in [-0.39, 0.29) is 22.2 Å². The molecule has 2 aromatic rings. The summed E-state index contributed by atoms with van der Waals surface area (Å²) in [5, 5.41) is 0.325. The number of nitrogens with one attached hydrogen (secondary N) is 1. The number of hydrogen-bond acceptors (Lipinski definition) is 1. The maximum Gasteiger partial charge on any atom is 0.431 e. The van der Waals surface area contributed by atoms with Crippen LogP contribution < -0.4 is 0 Å². The molecule has 0 saturated heterocycles. The van der Waals surface area contributed by atoms with Crippen molar-refractivity contribution < 1.29 is 18.0 Å². The second kappa shape index (κ2) is 3.52. The van der Waals surface area contributed by atoms with Gasteiger partial charge in [-0.1, -0.05) is 23.7 Å². The summed E-state index contributed by atoms with van der Waals surface area (Å²) < 4.78 is 37.7. The van der Waals surface area contributed by atoms with Gasteiger partial charge in [0.25, 0.3) is 0 Å². The molecular weight excluding hydrogens is 243 g/mol. The third-order valence-electron chi connectivity index (χ3n) is 2.22. The minimum atomic E-state index is -4.60. The number of aromatic amines is 1. The Bertz CT molecular complexity index is 559. The molecule has 84 valence electrons. The molecule has 0 radical (unpaired) electrons. The van der Waals surface area contributed by atoms with Crippen LogP contribution in [0.15, 0.2) is 18.2 Å². The minimum Gasteiger partial charge on any atom is -0.349 e. The van der Waals surface area contributed by atoms with Crippen molar-refractivity contribution in [2.75, 3.05) is 0 Å². The fraction of sp³-hybridized carbons (Fsp3) is 0.100. The molecule has 0 amide bonds. The molecule has 0 bridgehead atoms. The van der Waals surface area contributed by atoms with Gasteiger partial charge in [-0.05, 0) is 6.07 Å². The first kappa shape index (κ1) is 11.0. The zero-order valence-electron chi connectivity index (χ0n) is 7.73. The quantitative estimate of drug-likeness (QED) is 0.767. The smallest absolute Gasteiger partial charge is 0.349 e. The third-order valence-corrected chi connectivity index (χ3v) is 2.54. The van der Waals surface area contributed by atoms with Gasteiger partial charge < -0.3 is 4.98 Å². The van der Waals surface area contributed by atoms with Gasteiger partial charge in [0.15, 0.2) is 6.29 Å². The largest absolute Gasteiger partial charge is 0.431 e. The van der Waals surface area contributed by atoms with Crippen LogP contribution in [0.3, 0.4) is 0 Å². The van der Waals surface area contributed by atoms with Gasteiger partial charge in [0.1, 0.15) is 5.69 Å². The topological polar surface area (TPSA) is 32.9 Å². The molecule has 0 unspecified atom stereocenters. The van der Waals surface area contributed by atoms with Crippen LogP contribution in [-0.4, -0.2) is 11.3 Å². The van der Waals surface area contributed by atoms with E-state index in [4.69, 9.17) is 11.6 Å². The normalized spacial score (nSPS) is 12.0. The minimum absolute atomic E-state index is 0.124. The molecule has 16 heavy (non-hydrogen) atoms. The van der Waals surface area contributed by atoms with Gasteiger partial charge in [0.05, 0.1) is 16.1 Å². The number of H-pyrrole nitrogens is 1. The van der Waals surface area contributed by atoms with Crippen molar-refractivity contribution >= 4 is 28.8 Å². The molecule has 1 N–H and O–H groups in total. The second-order valence-corrected chi connectivity index (χ2v) is 3.60. The Morgan fingerprint density at radius 1 is 1.31 bits per heavy atom. The lowest BCUT2D eigenvalue weighted by atomic mass is 10.1. The summed E-state index contributed by atoms with van der Waals surface area (Å²) in [6, 6.07) is 4.36. The maximum absolute atomic E-state index is 12.6. The van der Waals surface area contributed by atoms with Crippen molar-refractivity contribution in [3.63, 3.8) is 0 Å². The Kier molecular flexibility index (Phi) is 2.42. The lowest BCUT2D eigenvalue weighted by Gasteiger charge is -2.03. The van der Waals surface area contributed by atoms with E-state index in [1.807, 2.05) is 0 Å². The first-order chi connectivity index (χ1) is 7.45. The first-order valence-corrected chi connectivity index (χ1v) is 4.65. The van der Waals surface area contributed by atoms with E-state index in [2.05, 4.69) is 4.98 Å². The van der Waals surface area contributed by atoms with E-state index in [9.17, 15) is 18.0 Å². The Morgan fingerprint density at radius 3 is 2.56 bits per heavy atom. The monoisotopic (exact) mass is 247 g/mol. The Labute approximate surface area is 93.0 Å². The Morgan fingerprint density at radius 2 is 2.00 bits per heavy atom. The standard InChI is InChI=1S/C10H5ClF3NO/c11-7-3-1-2-5-6(4-16)9(10(12,13)14)15-8(5)7/h1-4,15H. The fourth-order valence-corrected chi connectivity index (χ4v) is 1.77. The SMILES string of the molecule is O=Cc1c(C(F)(F)F)[nH]c2c(Cl)cccc12. The zero-order chi connectivity index (χ0) is 11.9. The van der Waals surface area contributed by atoms with Crippen LogP contribution >= 0.6 is 11.6 Å². The number of benzene rings is 1. The molecule has 2 nitrogen and oxygen atoms in total. The van der Waals surface area contributed by atoms with Crippen LogP contribution in [0.2, 0.25) is 5.02 Å². The van der Waals surface area contributed by atoms with Crippen molar-refractivity contribution in [3.8, 4) is 0 Å². The van der Waals surface area contributed by atoms with Crippen LogP contribution in [-0.2, 0) is 6.18 Å². The van der Waals surface area contributed by atoms with Crippen molar-refractivity contribution in [1.29, 1.82) is 0 Å². The second-order valence-electron chi connectivity index (χ2n) is 3.19. The summed E-state index contributed by atoms with van der Waals surface area (Å²) >= 11 is 5.73. The molecule has 1 aromatic carbocycles.